The SMILES string of the molecule is CCCCCCCCC=CCCCCCCCCCCCCCC(=O)C(C[N+](C)(C)C)(OP(=O)(O)O)C(=O)CCCCCCCCCCCCCC=CCCCCCCCC. The zero-order chi connectivity index (χ0) is 45.2. The van der Waals surface area contributed by atoms with Crippen LogP contribution in [-0.2, 0) is 18.7 Å². The standard InChI is InChI=1S/C53H102NO6P/c1-6-8-10-12-14-16-18-20-22-24-26-28-30-32-34-36-38-40-42-44-46-48-51(55)53(50-54(3,4)5,60-61(57,58)59)52(56)49-47-45-43-41-39-37-35-33-31-29-27-25-23-21-19-17-15-13-11-9-7-2/h20-23H,6-19,24-50H2,1-5H3,(H-,57,58,59)/p+1. The Morgan fingerprint density at radius 2 is 0.656 bits per heavy atom. The van der Waals surface area contributed by atoms with E-state index in [2.05, 4.69) is 38.2 Å². The minimum Gasteiger partial charge on any atom is -0.328 e. The highest BCUT2D eigenvalue weighted by Gasteiger charge is 2.53. The summed E-state index contributed by atoms with van der Waals surface area (Å²) in [6, 6.07) is 0. The van der Waals surface area contributed by atoms with Crippen molar-refractivity contribution in [1.82, 2.24) is 0 Å². The van der Waals surface area contributed by atoms with E-state index in [1.807, 2.05) is 21.1 Å². The van der Waals surface area contributed by atoms with Crippen molar-refractivity contribution in [3.8, 4) is 0 Å². The number of hydrogen-bond donors (Lipinski definition) is 2. The summed E-state index contributed by atoms with van der Waals surface area (Å²) >= 11 is 0. The van der Waals surface area contributed by atoms with Crippen molar-refractivity contribution >= 4 is 19.4 Å². The van der Waals surface area contributed by atoms with E-state index in [0.29, 0.717) is 12.8 Å². The molecule has 8 heteroatoms. The number of carbonyl (C=O) groups is 2. The van der Waals surface area contributed by atoms with Crippen LogP contribution < -0.4 is 0 Å². The molecule has 0 unspecified atom stereocenters. The van der Waals surface area contributed by atoms with E-state index in [1.54, 1.807) is 0 Å². The van der Waals surface area contributed by atoms with Gasteiger partial charge in [-0.15, -0.1) is 0 Å². The normalized spacial score (nSPS) is 13.5. The third kappa shape index (κ3) is 40.2. The molecule has 0 spiro atoms. The molecule has 0 heterocycles. The number of ketones is 2. The van der Waals surface area contributed by atoms with Crippen LogP contribution in [0.2, 0.25) is 0 Å². The molecule has 0 aromatic rings. The Hall–Kier alpha value is -1.11. The molecule has 0 aromatic carbocycles. The molecule has 0 aliphatic rings. The predicted octanol–water partition coefficient (Wildman–Crippen LogP) is 16.4. The molecule has 0 aliphatic heterocycles. The number of likely N-dealkylation sites (N-methyl/N-ethyl adjacent to an activating group) is 1. The minimum absolute atomic E-state index is 0.0936. The van der Waals surface area contributed by atoms with Crippen molar-refractivity contribution in [2.45, 2.75) is 276 Å². The van der Waals surface area contributed by atoms with Gasteiger partial charge in [-0.3, -0.25) is 14.1 Å². The van der Waals surface area contributed by atoms with Crippen molar-refractivity contribution in [3.05, 3.63) is 24.3 Å². The summed E-state index contributed by atoms with van der Waals surface area (Å²) in [5.41, 5.74) is -2.12. The van der Waals surface area contributed by atoms with Gasteiger partial charge in [-0.05, 0) is 64.2 Å². The fraction of sp³-hybridized carbons (Fsp3) is 0.887. The van der Waals surface area contributed by atoms with Crippen molar-refractivity contribution in [3.63, 3.8) is 0 Å². The van der Waals surface area contributed by atoms with E-state index in [-0.39, 0.29) is 23.9 Å². The second kappa shape index (κ2) is 41.6. The van der Waals surface area contributed by atoms with Gasteiger partial charge in [-0.1, -0.05) is 218 Å². The Balaban J connectivity index is 4.28. The van der Waals surface area contributed by atoms with E-state index in [0.717, 1.165) is 38.5 Å². The molecule has 360 valence electrons. The van der Waals surface area contributed by atoms with Gasteiger partial charge in [0.15, 0.2) is 11.6 Å². The van der Waals surface area contributed by atoms with Gasteiger partial charge in [0.2, 0.25) is 5.60 Å². The molecule has 0 bridgehead atoms. The number of phosphoric ester groups is 1. The van der Waals surface area contributed by atoms with Crippen molar-refractivity contribution in [1.29, 1.82) is 0 Å². The predicted molar refractivity (Wildman–Crippen MR) is 263 cm³/mol. The monoisotopic (exact) mass is 881 g/mol. The van der Waals surface area contributed by atoms with Crippen LogP contribution >= 0.6 is 7.82 Å². The maximum atomic E-state index is 13.8. The fourth-order valence-electron chi connectivity index (χ4n) is 8.57. The number of rotatable bonds is 48. The van der Waals surface area contributed by atoms with Crippen molar-refractivity contribution in [2.24, 2.45) is 0 Å². The number of phosphoric acid groups is 1. The van der Waals surface area contributed by atoms with Crippen LogP contribution in [-0.4, -0.2) is 59.1 Å². The second-order valence-corrected chi connectivity index (χ2v) is 20.8. The van der Waals surface area contributed by atoms with Crippen LogP contribution in [0, 0.1) is 0 Å². The Labute approximate surface area is 379 Å². The highest BCUT2D eigenvalue weighted by molar-refractivity contribution is 7.46. The number of unbranched alkanes of at least 4 members (excludes halogenated alkanes) is 34. The fourth-order valence-corrected chi connectivity index (χ4v) is 9.24. The Bertz CT molecular complexity index is 1040. The van der Waals surface area contributed by atoms with Gasteiger partial charge >= 0.3 is 7.82 Å². The summed E-state index contributed by atoms with van der Waals surface area (Å²) in [6.45, 7) is 4.44. The molecule has 0 radical (unpaired) electrons. The van der Waals surface area contributed by atoms with Gasteiger partial charge in [0.1, 0.15) is 6.54 Å². The first kappa shape index (κ1) is 59.9. The van der Waals surface area contributed by atoms with Gasteiger partial charge in [-0.2, -0.15) is 0 Å². The molecular weight excluding hydrogens is 778 g/mol. The van der Waals surface area contributed by atoms with Gasteiger partial charge in [-0.25, -0.2) is 4.57 Å². The van der Waals surface area contributed by atoms with Crippen LogP contribution in [0.25, 0.3) is 0 Å². The van der Waals surface area contributed by atoms with Crippen LogP contribution in [0.15, 0.2) is 24.3 Å². The van der Waals surface area contributed by atoms with Crippen LogP contribution in [0.3, 0.4) is 0 Å². The first-order valence-electron chi connectivity index (χ1n) is 26.3. The molecule has 2 N–H and O–H groups in total. The summed E-state index contributed by atoms with van der Waals surface area (Å²) in [7, 11) is 0.370. The smallest absolute Gasteiger partial charge is 0.328 e. The van der Waals surface area contributed by atoms with Gasteiger partial charge in [0, 0.05) is 12.8 Å². The lowest BCUT2D eigenvalue weighted by Crippen LogP contribution is -2.59. The highest BCUT2D eigenvalue weighted by Crippen LogP contribution is 2.44. The number of nitrogens with zero attached hydrogens (tertiary/aromatic N) is 1. The van der Waals surface area contributed by atoms with E-state index in [1.165, 1.54) is 193 Å². The minimum atomic E-state index is -5.10. The average molecular weight is 881 g/mol. The van der Waals surface area contributed by atoms with E-state index < -0.39 is 25.0 Å². The van der Waals surface area contributed by atoms with Crippen LogP contribution in [0.1, 0.15) is 271 Å². The summed E-state index contributed by atoms with van der Waals surface area (Å²) in [4.78, 5) is 47.4. The first-order valence-corrected chi connectivity index (χ1v) is 27.8. The van der Waals surface area contributed by atoms with Gasteiger partial charge in [0.25, 0.3) is 0 Å². The lowest BCUT2D eigenvalue weighted by atomic mass is 9.86. The molecule has 0 rings (SSSR count). The number of Topliss-reactive ketones (excluding diaryl/α,β-unsaturated/α-hetero) is 2. The number of quaternary nitrogens is 1. The maximum Gasteiger partial charge on any atom is 0.471 e. The summed E-state index contributed by atoms with van der Waals surface area (Å²) in [6.07, 6.45) is 56.1. The van der Waals surface area contributed by atoms with Crippen molar-refractivity contribution in [2.75, 3.05) is 27.7 Å². The second-order valence-electron chi connectivity index (χ2n) is 19.6. The third-order valence-electron chi connectivity index (χ3n) is 12.2. The molecule has 7 nitrogen and oxygen atoms in total. The molecule has 0 saturated carbocycles. The summed E-state index contributed by atoms with van der Waals surface area (Å²) in [5, 5.41) is 0. The maximum absolute atomic E-state index is 13.8. The van der Waals surface area contributed by atoms with Gasteiger partial charge < -0.3 is 14.3 Å². The van der Waals surface area contributed by atoms with E-state index in [9.17, 15) is 23.9 Å². The Morgan fingerprint density at radius 1 is 0.426 bits per heavy atom. The van der Waals surface area contributed by atoms with E-state index >= 15 is 0 Å². The number of allylic oxidation sites excluding steroid dienone is 4. The molecule has 0 amide bonds. The summed E-state index contributed by atoms with van der Waals surface area (Å²) < 4.78 is 17.7. The number of carbonyl (C=O) groups excluding carboxylic acids is 2. The largest absolute Gasteiger partial charge is 0.471 e. The average Bonchev–Trinajstić information content (AvgIpc) is 3.20. The molecule has 0 atom stereocenters. The molecule has 0 aromatic heterocycles. The zero-order valence-corrected chi connectivity index (χ0v) is 42.1. The highest BCUT2D eigenvalue weighted by atomic mass is 31.2. The van der Waals surface area contributed by atoms with Gasteiger partial charge in [0.05, 0.1) is 21.1 Å². The molecule has 0 fully saturated rings. The quantitative estimate of drug-likeness (QED) is 0.0208. The zero-order valence-electron chi connectivity index (χ0n) is 41.2. The molecular formula is C53H103NO6P+. The van der Waals surface area contributed by atoms with Crippen LogP contribution in [0.4, 0.5) is 0 Å². The third-order valence-corrected chi connectivity index (χ3v) is 12.8. The molecule has 61 heavy (non-hydrogen) atoms. The Morgan fingerprint density at radius 3 is 0.885 bits per heavy atom. The van der Waals surface area contributed by atoms with E-state index in [4.69, 9.17) is 4.52 Å². The van der Waals surface area contributed by atoms with Crippen LogP contribution in [0.5, 0.6) is 0 Å². The number of hydrogen-bond acceptors (Lipinski definition) is 4. The molecule has 0 aliphatic carbocycles. The lowest BCUT2D eigenvalue weighted by Gasteiger charge is -2.37. The first-order chi connectivity index (χ1) is 29.4. The topological polar surface area (TPSA) is 101 Å². The Kier molecular flexibility index (Phi) is 40.8. The van der Waals surface area contributed by atoms with Crippen molar-refractivity contribution < 1.29 is 32.9 Å². The summed E-state index contributed by atoms with van der Waals surface area (Å²) in [5.74, 6) is -0.968. The lowest BCUT2D eigenvalue weighted by molar-refractivity contribution is -0.874. The molecule has 0 saturated heterocycles.